The first-order chi connectivity index (χ1) is 10.6. The third-order valence-corrected chi connectivity index (χ3v) is 4.51. The van der Waals surface area contributed by atoms with Crippen LogP contribution in [0.15, 0.2) is 58.6 Å². The lowest BCUT2D eigenvalue weighted by molar-refractivity contribution is 0.213. The molecule has 4 nitrogen and oxygen atoms in total. The van der Waals surface area contributed by atoms with E-state index in [9.17, 15) is 4.21 Å². The molecule has 0 fully saturated rings. The van der Waals surface area contributed by atoms with Crippen LogP contribution in [0.1, 0.15) is 11.1 Å². The number of oxime groups is 1. The molecule has 1 atom stereocenters. The molecule has 22 heavy (non-hydrogen) atoms. The molecule has 0 saturated heterocycles. The summed E-state index contributed by atoms with van der Waals surface area (Å²) < 4.78 is 17.6. The molecule has 2 aromatic rings. The summed E-state index contributed by atoms with van der Waals surface area (Å²) in [4.78, 5) is 5.67. The van der Waals surface area contributed by atoms with Gasteiger partial charge in [-0.15, -0.1) is 0 Å². The maximum absolute atomic E-state index is 12.5. The first kappa shape index (κ1) is 16.2. The van der Waals surface area contributed by atoms with Gasteiger partial charge in [0.15, 0.2) is 0 Å². The van der Waals surface area contributed by atoms with E-state index < -0.39 is 10.8 Å². The zero-order valence-electron chi connectivity index (χ0n) is 12.9. The summed E-state index contributed by atoms with van der Waals surface area (Å²) in [5.41, 5.74) is 2.65. The Hall–Kier alpha value is -2.14. The average Bonchev–Trinajstić information content (AvgIpc) is 2.55. The molecule has 0 bridgehead atoms. The van der Waals surface area contributed by atoms with E-state index in [4.69, 9.17) is 9.57 Å². The highest BCUT2D eigenvalue weighted by Crippen LogP contribution is 2.15. The third-order valence-electron chi connectivity index (χ3n) is 3.18. The van der Waals surface area contributed by atoms with E-state index in [2.05, 4.69) is 5.16 Å². The third kappa shape index (κ3) is 4.18. The molecule has 2 aromatic carbocycles. The quantitative estimate of drug-likeness (QED) is 0.607. The molecule has 0 unspecified atom stereocenters. The van der Waals surface area contributed by atoms with Gasteiger partial charge in [0.1, 0.15) is 12.9 Å². The number of nitrogens with zero attached hydrogens (tertiary/aromatic N) is 1. The van der Waals surface area contributed by atoms with Gasteiger partial charge >= 0.3 is 0 Å². The highest BCUT2D eigenvalue weighted by Gasteiger charge is 2.12. The van der Waals surface area contributed by atoms with E-state index in [1.807, 2.05) is 55.5 Å². The van der Waals surface area contributed by atoms with Crippen molar-refractivity contribution in [1.29, 1.82) is 0 Å². The van der Waals surface area contributed by atoms with Crippen LogP contribution in [0.3, 0.4) is 0 Å². The average molecular weight is 317 g/mol. The van der Waals surface area contributed by atoms with Crippen LogP contribution >= 0.6 is 0 Å². The predicted octanol–water partition coefficient (Wildman–Crippen LogP) is 3.16. The molecule has 0 radical (unpaired) electrons. The summed E-state index contributed by atoms with van der Waals surface area (Å²) in [6.07, 6.45) is 0. The molecule has 0 amide bonds. The lowest BCUT2D eigenvalue weighted by Crippen LogP contribution is -2.13. The van der Waals surface area contributed by atoms with Crippen LogP contribution in [-0.2, 0) is 15.6 Å². The second-order valence-electron chi connectivity index (χ2n) is 4.75. The molecule has 0 saturated carbocycles. The largest absolute Gasteiger partial charge is 0.497 e. The Labute approximate surface area is 133 Å². The topological polar surface area (TPSA) is 47.9 Å². The van der Waals surface area contributed by atoms with E-state index in [1.54, 1.807) is 7.11 Å². The summed E-state index contributed by atoms with van der Waals surface area (Å²) in [6.45, 7) is 2.00. The zero-order valence-corrected chi connectivity index (χ0v) is 13.7. The molecule has 0 aliphatic rings. The SMILES string of the molecule is CO/N=C(\C[S@](=O)c1ccc(C)cc1)c1ccc(OC)cc1. The van der Waals surface area contributed by atoms with Gasteiger partial charge in [0.05, 0.1) is 29.4 Å². The Kier molecular flexibility index (Phi) is 5.72. The van der Waals surface area contributed by atoms with Crippen LogP contribution in [0.25, 0.3) is 0 Å². The van der Waals surface area contributed by atoms with Gasteiger partial charge in [-0.2, -0.15) is 0 Å². The first-order valence-corrected chi connectivity index (χ1v) is 8.15. The molecule has 116 valence electrons. The summed E-state index contributed by atoms with van der Waals surface area (Å²) >= 11 is 0. The Morgan fingerprint density at radius 1 is 1.05 bits per heavy atom. The summed E-state index contributed by atoms with van der Waals surface area (Å²) in [5, 5.41) is 4.02. The van der Waals surface area contributed by atoms with Crippen LogP contribution in [0, 0.1) is 6.92 Å². The van der Waals surface area contributed by atoms with Crippen molar-refractivity contribution in [2.75, 3.05) is 20.0 Å². The molecular formula is C17H19NO3S. The minimum Gasteiger partial charge on any atom is -0.497 e. The Morgan fingerprint density at radius 3 is 2.23 bits per heavy atom. The highest BCUT2D eigenvalue weighted by atomic mass is 32.2. The van der Waals surface area contributed by atoms with Crippen molar-refractivity contribution in [3.63, 3.8) is 0 Å². The first-order valence-electron chi connectivity index (χ1n) is 6.83. The molecule has 0 aliphatic carbocycles. The van der Waals surface area contributed by atoms with Gasteiger partial charge in [0.25, 0.3) is 0 Å². The number of methoxy groups -OCH3 is 1. The zero-order chi connectivity index (χ0) is 15.9. The van der Waals surface area contributed by atoms with Crippen molar-refractivity contribution < 1.29 is 13.8 Å². The van der Waals surface area contributed by atoms with Gasteiger partial charge in [-0.1, -0.05) is 22.9 Å². The normalized spacial score (nSPS) is 12.8. The smallest absolute Gasteiger partial charge is 0.118 e. The maximum Gasteiger partial charge on any atom is 0.118 e. The standard InChI is InChI=1S/C17H19NO3S/c1-13-4-10-16(11-5-13)22(19)12-17(18-21-3)14-6-8-15(20-2)9-7-14/h4-11H,12H2,1-3H3/b18-17+/t22-/m0/s1. The van der Waals surface area contributed by atoms with Crippen molar-refractivity contribution >= 4 is 16.5 Å². The monoisotopic (exact) mass is 317 g/mol. The van der Waals surface area contributed by atoms with Crippen molar-refractivity contribution in [2.24, 2.45) is 5.16 Å². The van der Waals surface area contributed by atoms with Gasteiger partial charge in [0.2, 0.25) is 0 Å². The van der Waals surface area contributed by atoms with Crippen LogP contribution in [-0.4, -0.2) is 29.9 Å². The minimum absolute atomic E-state index is 0.295. The number of ether oxygens (including phenoxy) is 1. The van der Waals surface area contributed by atoms with E-state index in [-0.39, 0.29) is 0 Å². The Morgan fingerprint density at radius 2 is 1.68 bits per heavy atom. The van der Waals surface area contributed by atoms with Gasteiger partial charge in [-0.25, -0.2) is 0 Å². The molecule has 0 aliphatic heterocycles. The van der Waals surface area contributed by atoms with E-state index in [1.165, 1.54) is 7.11 Å². The van der Waals surface area contributed by atoms with Crippen molar-refractivity contribution in [1.82, 2.24) is 0 Å². The fraction of sp³-hybridized carbons (Fsp3) is 0.235. The Bertz CT molecular complexity index is 663. The molecule has 0 aromatic heterocycles. The van der Waals surface area contributed by atoms with Crippen molar-refractivity contribution in [2.45, 2.75) is 11.8 Å². The Balaban J connectivity index is 2.19. The van der Waals surface area contributed by atoms with Crippen molar-refractivity contribution in [3.8, 4) is 5.75 Å². The summed E-state index contributed by atoms with van der Waals surface area (Å²) in [6, 6.07) is 15.1. The fourth-order valence-electron chi connectivity index (χ4n) is 1.95. The van der Waals surface area contributed by atoms with Gasteiger partial charge in [-0.05, 0) is 43.3 Å². The van der Waals surface area contributed by atoms with Crippen LogP contribution < -0.4 is 4.74 Å². The van der Waals surface area contributed by atoms with Gasteiger partial charge in [0, 0.05) is 10.5 Å². The number of hydrogen-bond donors (Lipinski definition) is 0. The summed E-state index contributed by atoms with van der Waals surface area (Å²) in [7, 11) is 1.93. The maximum atomic E-state index is 12.5. The lowest BCUT2D eigenvalue weighted by atomic mass is 10.1. The fourth-order valence-corrected chi connectivity index (χ4v) is 3.03. The minimum atomic E-state index is -1.17. The number of aryl methyl sites for hydroxylation is 1. The van der Waals surface area contributed by atoms with Gasteiger partial charge in [-0.3, -0.25) is 4.21 Å². The van der Waals surface area contributed by atoms with E-state index >= 15 is 0 Å². The molecule has 2 rings (SSSR count). The second kappa shape index (κ2) is 7.75. The molecular weight excluding hydrogens is 298 g/mol. The van der Waals surface area contributed by atoms with Gasteiger partial charge < -0.3 is 9.57 Å². The number of benzene rings is 2. The lowest BCUT2D eigenvalue weighted by Gasteiger charge is -2.08. The predicted molar refractivity (Wildman–Crippen MR) is 89.0 cm³/mol. The molecule has 0 spiro atoms. The van der Waals surface area contributed by atoms with Crippen LogP contribution in [0.5, 0.6) is 5.75 Å². The summed E-state index contributed by atoms with van der Waals surface area (Å²) in [5.74, 6) is 1.06. The van der Waals surface area contributed by atoms with E-state index in [0.717, 1.165) is 21.8 Å². The second-order valence-corrected chi connectivity index (χ2v) is 6.20. The van der Waals surface area contributed by atoms with Crippen LogP contribution in [0.2, 0.25) is 0 Å². The number of hydrogen-bond acceptors (Lipinski definition) is 4. The highest BCUT2D eigenvalue weighted by molar-refractivity contribution is 7.85. The molecule has 0 heterocycles. The molecule has 0 N–H and O–H groups in total. The van der Waals surface area contributed by atoms with Crippen LogP contribution in [0.4, 0.5) is 0 Å². The number of rotatable bonds is 6. The molecule has 5 heteroatoms. The van der Waals surface area contributed by atoms with Crippen molar-refractivity contribution in [3.05, 3.63) is 59.7 Å². The van der Waals surface area contributed by atoms with E-state index in [0.29, 0.717) is 11.5 Å².